The number of aliphatic hydroxyl groups is 1. The quantitative estimate of drug-likeness (QED) is 0.836. The number of aliphatic hydroxyl groups excluding tert-OH is 1. The second kappa shape index (κ2) is 4.68. The first-order chi connectivity index (χ1) is 8.09. The highest BCUT2D eigenvalue weighted by molar-refractivity contribution is 5.37. The van der Waals surface area contributed by atoms with E-state index in [1.807, 2.05) is 32.0 Å². The predicted octanol–water partition coefficient (Wildman–Crippen LogP) is 3.52. The molecule has 0 fully saturated rings. The van der Waals surface area contributed by atoms with Crippen LogP contribution in [0.4, 0.5) is 4.39 Å². The summed E-state index contributed by atoms with van der Waals surface area (Å²) in [7, 11) is 0. The predicted molar refractivity (Wildman–Crippen MR) is 66.4 cm³/mol. The van der Waals surface area contributed by atoms with Crippen molar-refractivity contribution in [2.75, 3.05) is 0 Å². The molecule has 1 N–H and O–H groups in total. The topological polar surface area (TPSA) is 20.2 Å². The van der Waals surface area contributed by atoms with Gasteiger partial charge in [-0.2, -0.15) is 0 Å². The molecule has 2 aromatic rings. The van der Waals surface area contributed by atoms with Crippen LogP contribution in [0, 0.1) is 19.7 Å². The number of aryl methyl sites for hydroxylation is 2. The molecule has 17 heavy (non-hydrogen) atoms. The summed E-state index contributed by atoms with van der Waals surface area (Å²) in [6.45, 7) is 3.92. The van der Waals surface area contributed by atoms with Crippen molar-refractivity contribution in [3.63, 3.8) is 0 Å². The van der Waals surface area contributed by atoms with E-state index in [0.29, 0.717) is 5.56 Å². The van der Waals surface area contributed by atoms with Gasteiger partial charge in [0.25, 0.3) is 0 Å². The minimum Gasteiger partial charge on any atom is -0.384 e. The van der Waals surface area contributed by atoms with Gasteiger partial charge in [-0.25, -0.2) is 4.39 Å². The van der Waals surface area contributed by atoms with Crippen LogP contribution in [-0.2, 0) is 0 Å². The van der Waals surface area contributed by atoms with Gasteiger partial charge in [-0.05, 0) is 31.0 Å². The third kappa shape index (κ3) is 2.37. The highest BCUT2D eigenvalue weighted by atomic mass is 19.1. The molecule has 0 radical (unpaired) electrons. The van der Waals surface area contributed by atoms with Crippen LogP contribution in [0.25, 0.3) is 0 Å². The molecule has 0 saturated carbocycles. The van der Waals surface area contributed by atoms with E-state index in [-0.39, 0.29) is 5.82 Å². The zero-order valence-corrected chi connectivity index (χ0v) is 9.94. The standard InChI is InChI=1S/C15H15FO/c1-10-7-8-12(11(2)9-10)15(17)13-5-3-4-6-14(13)16/h3-9,15,17H,1-2H3/t15-/m1/s1. The summed E-state index contributed by atoms with van der Waals surface area (Å²) in [6.07, 6.45) is -0.906. The maximum absolute atomic E-state index is 13.6. The number of hydrogen-bond donors (Lipinski definition) is 1. The van der Waals surface area contributed by atoms with E-state index in [1.165, 1.54) is 6.07 Å². The normalized spacial score (nSPS) is 12.5. The van der Waals surface area contributed by atoms with Gasteiger partial charge in [-0.1, -0.05) is 42.0 Å². The van der Waals surface area contributed by atoms with Crippen molar-refractivity contribution in [3.05, 3.63) is 70.5 Å². The first-order valence-corrected chi connectivity index (χ1v) is 5.59. The Morgan fingerprint density at radius 1 is 1.00 bits per heavy atom. The molecule has 0 heterocycles. The molecule has 0 spiro atoms. The molecular formula is C15H15FO. The van der Waals surface area contributed by atoms with Crippen LogP contribution in [0.5, 0.6) is 0 Å². The van der Waals surface area contributed by atoms with E-state index >= 15 is 0 Å². The third-order valence-corrected chi connectivity index (χ3v) is 2.92. The van der Waals surface area contributed by atoms with Crippen LogP contribution in [0.3, 0.4) is 0 Å². The summed E-state index contributed by atoms with van der Waals surface area (Å²) in [5.41, 5.74) is 3.17. The largest absolute Gasteiger partial charge is 0.384 e. The van der Waals surface area contributed by atoms with Crippen molar-refractivity contribution in [1.82, 2.24) is 0 Å². The Hall–Kier alpha value is -1.67. The Bertz CT molecular complexity index is 534. The van der Waals surface area contributed by atoms with Gasteiger partial charge in [-0.15, -0.1) is 0 Å². The molecule has 2 rings (SSSR count). The molecule has 2 heteroatoms. The Labute approximate surface area is 101 Å². The number of rotatable bonds is 2. The van der Waals surface area contributed by atoms with E-state index in [2.05, 4.69) is 0 Å². The van der Waals surface area contributed by atoms with Crippen molar-refractivity contribution >= 4 is 0 Å². The summed E-state index contributed by atoms with van der Waals surface area (Å²) >= 11 is 0. The van der Waals surface area contributed by atoms with E-state index in [9.17, 15) is 9.50 Å². The van der Waals surface area contributed by atoms with Crippen molar-refractivity contribution in [1.29, 1.82) is 0 Å². The summed E-state index contributed by atoms with van der Waals surface area (Å²) in [4.78, 5) is 0. The van der Waals surface area contributed by atoms with Crippen LogP contribution in [0.2, 0.25) is 0 Å². The first-order valence-electron chi connectivity index (χ1n) is 5.59. The molecule has 0 bridgehead atoms. The fourth-order valence-electron chi connectivity index (χ4n) is 2.00. The summed E-state index contributed by atoms with van der Waals surface area (Å²) < 4.78 is 13.6. The van der Waals surface area contributed by atoms with Gasteiger partial charge in [0.2, 0.25) is 0 Å². The lowest BCUT2D eigenvalue weighted by Crippen LogP contribution is -2.04. The van der Waals surface area contributed by atoms with Crippen LogP contribution >= 0.6 is 0 Å². The zero-order valence-electron chi connectivity index (χ0n) is 9.94. The lowest BCUT2D eigenvalue weighted by Gasteiger charge is -2.15. The van der Waals surface area contributed by atoms with Crippen molar-refractivity contribution in [3.8, 4) is 0 Å². The highest BCUT2D eigenvalue weighted by Gasteiger charge is 2.16. The smallest absolute Gasteiger partial charge is 0.129 e. The van der Waals surface area contributed by atoms with Crippen molar-refractivity contribution < 1.29 is 9.50 Å². The molecule has 0 aliphatic heterocycles. The molecule has 0 amide bonds. The maximum Gasteiger partial charge on any atom is 0.129 e. The molecule has 0 aliphatic rings. The minimum atomic E-state index is -0.906. The fraction of sp³-hybridized carbons (Fsp3) is 0.200. The highest BCUT2D eigenvalue weighted by Crippen LogP contribution is 2.26. The molecule has 88 valence electrons. The molecule has 2 aromatic carbocycles. The fourth-order valence-corrected chi connectivity index (χ4v) is 2.00. The van der Waals surface area contributed by atoms with Crippen LogP contribution in [0.1, 0.15) is 28.4 Å². The van der Waals surface area contributed by atoms with E-state index in [0.717, 1.165) is 16.7 Å². The molecular weight excluding hydrogens is 215 g/mol. The summed E-state index contributed by atoms with van der Waals surface area (Å²) in [5.74, 6) is -0.375. The van der Waals surface area contributed by atoms with Crippen LogP contribution in [0.15, 0.2) is 42.5 Å². The Morgan fingerprint density at radius 2 is 1.71 bits per heavy atom. The average Bonchev–Trinajstić information content (AvgIpc) is 2.29. The lowest BCUT2D eigenvalue weighted by atomic mass is 9.96. The van der Waals surface area contributed by atoms with E-state index in [1.54, 1.807) is 18.2 Å². The third-order valence-electron chi connectivity index (χ3n) is 2.92. The zero-order chi connectivity index (χ0) is 12.4. The Kier molecular flexibility index (Phi) is 3.25. The lowest BCUT2D eigenvalue weighted by molar-refractivity contribution is 0.214. The molecule has 0 unspecified atom stereocenters. The van der Waals surface area contributed by atoms with Crippen molar-refractivity contribution in [2.24, 2.45) is 0 Å². The van der Waals surface area contributed by atoms with Gasteiger partial charge < -0.3 is 5.11 Å². The Morgan fingerprint density at radius 3 is 2.35 bits per heavy atom. The minimum absolute atomic E-state index is 0.319. The van der Waals surface area contributed by atoms with Gasteiger partial charge in [-0.3, -0.25) is 0 Å². The SMILES string of the molecule is Cc1ccc([C@@H](O)c2ccccc2F)c(C)c1. The van der Waals surface area contributed by atoms with Gasteiger partial charge in [0.1, 0.15) is 11.9 Å². The van der Waals surface area contributed by atoms with E-state index < -0.39 is 6.10 Å². The Balaban J connectivity index is 2.44. The van der Waals surface area contributed by atoms with Crippen molar-refractivity contribution in [2.45, 2.75) is 20.0 Å². The number of hydrogen-bond acceptors (Lipinski definition) is 1. The monoisotopic (exact) mass is 230 g/mol. The second-order valence-corrected chi connectivity index (χ2v) is 4.28. The van der Waals surface area contributed by atoms with Crippen LogP contribution in [-0.4, -0.2) is 5.11 Å². The molecule has 0 saturated heterocycles. The second-order valence-electron chi connectivity index (χ2n) is 4.28. The maximum atomic E-state index is 13.6. The molecule has 0 aromatic heterocycles. The first kappa shape index (κ1) is 11.8. The van der Waals surface area contributed by atoms with Crippen LogP contribution < -0.4 is 0 Å². The molecule has 1 atom stereocenters. The van der Waals surface area contributed by atoms with Gasteiger partial charge in [0.15, 0.2) is 0 Å². The summed E-state index contributed by atoms with van der Waals surface area (Å²) in [5, 5.41) is 10.2. The van der Waals surface area contributed by atoms with Gasteiger partial charge in [0.05, 0.1) is 0 Å². The average molecular weight is 230 g/mol. The van der Waals surface area contributed by atoms with Gasteiger partial charge in [0, 0.05) is 5.56 Å². The molecule has 0 aliphatic carbocycles. The molecule has 1 nitrogen and oxygen atoms in total. The summed E-state index contributed by atoms with van der Waals surface area (Å²) in [6, 6.07) is 12.1. The van der Waals surface area contributed by atoms with E-state index in [4.69, 9.17) is 0 Å². The van der Waals surface area contributed by atoms with Gasteiger partial charge >= 0.3 is 0 Å². The number of benzene rings is 2. The number of halogens is 1.